The molecule has 1 rings (SSSR count). The van der Waals surface area contributed by atoms with Crippen LogP contribution in [0.25, 0.3) is 0 Å². The summed E-state index contributed by atoms with van der Waals surface area (Å²) in [4.78, 5) is 13.2. The van der Waals surface area contributed by atoms with Crippen molar-refractivity contribution >= 4 is 11.8 Å². The highest BCUT2D eigenvalue weighted by molar-refractivity contribution is 5.92. The summed E-state index contributed by atoms with van der Waals surface area (Å²) in [5.41, 5.74) is 0.155. The molecule has 0 aliphatic carbocycles. The van der Waals surface area contributed by atoms with Crippen LogP contribution in [0, 0.1) is 0 Å². The second-order valence-electron chi connectivity index (χ2n) is 4.45. The summed E-state index contributed by atoms with van der Waals surface area (Å²) >= 11 is 0. The summed E-state index contributed by atoms with van der Waals surface area (Å²) in [7, 11) is 2.07. The van der Waals surface area contributed by atoms with Crippen molar-refractivity contribution < 1.29 is 9.90 Å². The minimum Gasteiger partial charge on any atom is -0.478 e. The van der Waals surface area contributed by atoms with Crippen LogP contribution >= 0.6 is 0 Å². The molecular weight excluding hydrogens is 232 g/mol. The average Bonchev–Trinajstić information content (AvgIpc) is 2.34. The minimum atomic E-state index is -0.994. The Kier molecular flexibility index (Phi) is 5.51. The average molecular weight is 252 g/mol. The van der Waals surface area contributed by atoms with Crippen LogP contribution in [0.3, 0.4) is 0 Å². The zero-order valence-electron chi connectivity index (χ0n) is 11.1. The molecule has 0 bridgehead atoms. The number of nitrogens with zero attached hydrogens (tertiary/aromatic N) is 3. The lowest BCUT2D eigenvalue weighted by Gasteiger charge is -2.20. The predicted octanol–water partition coefficient (Wildman–Crippen LogP) is 1.32. The van der Waals surface area contributed by atoms with Gasteiger partial charge in [-0.25, -0.2) is 4.79 Å². The summed E-state index contributed by atoms with van der Waals surface area (Å²) in [5.74, 6) is -0.663. The molecule has 0 radical (unpaired) electrons. The molecule has 0 saturated heterocycles. The van der Waals surface area contributed by atoms with Crippen molar-refractivity contribution in [3.63, 3.8) is 0 Å². The number of carboxylic acid groups (broad SMARTS) is 1. The summed E-state index contributed by atoms with van der Waals surface area (Å²) < 4.78 is 0. The van der Waals surface area contributed by atoms with E-state index in [9.17, 15) is 4.79 Å². The van der Waals surface area contributed by atoms with Crippen molar-refractivity contribution in [1.29, 1.82) is 0 Å². The molecule has 2 N–H and O–H groups in total. The normalized spacial score (nSPS) is 10.9. The maximum atomic E-state index is 10.9. The summed E-state index contributed by atoms with van der Waals surface area (Å²) in [6.45, 7) is 5.90. The second kappa shape index (κ2) is 6.90. The smallest absolute Gasteiger partial charge is 0.339 e. The van der Waals surface area contributed by atoms with Crippen molar-refractivity contribution in [2.45, 2.75) is 26.3 Å². The van der Waals surface area contributed by atoms with Gasteiger partial charge in [-0.1, -0.05) is 0 Å². The number of carbonyl (C=O) groups is 1. The van der Waals surface area contributed by atoms with Gasteiger partial charge in [0, 0.05) is 12.6 Å². The number of nitrogens with one attached hydrogen (secondary N) is 1. The monoisotopic (exact) mass is 252 g/mol. The van der Waals surface area contributed by atoms with E-state index in [2.05, 4.69) is 41.3 Å². The fourth-order valence-electron chi connectivity index (χ4n) is 1.43. The third-order valence-electron chi connectivity index (χ3n) is 2.81. The molecule has 6 heteroatoms. The first-order valence-electron chi connectivity index (χ1n) is 6.01. The van der Waals surface area contributed by atoms with Crippen molar-refractivity contribution in [1.82, 2.24) is 15.1 Å². The van der Waals surface area contributed by atoms with E-state index in [0.717, 1.165) is 13.0 Å². The molecular formula is C12H20N4O2. The second-order valence-corrected chi connectivity index (χ2v) is 4.45. The molecule has 0 fully saturated rings. The number of hydrogen-bond donors (Lipinski definition) is 2. The Morgan fingerprint density at radius 2 is 2.28 bits per heavy atom. The molecule has 0 aliphatic rings. The van der Waals surface area contributed by atoms with E-state index in [1.165, 1.54) is 12.3 Å². The van der Waals surface area contributed by atoms with Crippen LogP contribution in [0.4, 0.5) is 5.82 Å². The predicted molar refractivity (Wildman–Crippen MR) is 69.9 cm³/mol. The summed E-state index contributed by atoms with van der Waals surface area (Å²) in [5, 5.41) is 19.5. The summed E-state index contributed by atoms with van der Waals surface area (Å²) in [6.07, 6.45) is 2.30. The number of rotatable bonds is 7. The number of anilines is 1. The van der Waals surface area contributed by atoms with Gasteiger partial charge in [0.25, 0.3) is 0 Å². The van der Waals surface area contributed by atoms with Crippen LogP contribution in [0.2, 0.25) is 0 Å². The fourth-order valence-corrected chi connectivity index (χ4v) is 1.43. The number of aromatic nitrogens is 2. The Hall–Kier alpha value is -1.69. The standard InChI is InChI=1S/C12H20N4O2/c1-9(2)16(3)8-4-6-13-11-10(12(17)18)5-7-14-15-11/h5,7,9H,4,6,8H2,1-3H3,(H,13,15)(H,17,18). The Bertz CT molecular complexity index is 395. The van der Waals surface area contributed by atoms with Crippen molar-refractivity contribution in [3.05, 3.63) is 17.8 Å². The van der Waals surface area contributed by atoms with E-state index >= 15 is 0 Å². The largest absolute Gasteiger partial charge is 0.478 e. The van der Waals surface area contributed by atoms with E-state index in [1.54, 1.807) is 0 Å². The first kappa shape index (κ1) is 14.4. The van der Waals surface area contributed by atoms with Crippen LogP contribution in [0.1, 0.15) is 30.6 Å². The van der Waals surface area contributed by atoms with Gasteiger partial charge in [0.05, 0.1) is 6.20 Å². The molecule has 6 nitrogen and oxygen atoms in total. The van der Waals surface area contributed by atoms with E-state index in [4.69, 9.17) is 5.11 Å². The van der Waals surface area contributed by atoms with Gasteiger partial charge >= 0.3 is 5.97 Å². The molecule has 0 amide bonds. The van der Waals surface area contributed by atoms with Gasteiger partial charge in [0.15, 0.2) is 5.82 Å². The lowest BCUT2D eigenvalue weighted by molar-refractivity contribution is 0.0697. The van der Waals surface area contributed by atoms with E-state index < -0.39 is 5.97 Å². The van der Waals surface area contributed by atoms with E-state index in [0.29, 0.717) is 18.4 Å². The lowest BCUT2D eigenvalue weighted by atomic mass is 10.2. The third-order valence-corrected chi connectivity index (χ3v) is 2.81. The van der Waals surface area contributed by atoms with Crippen LogP contribution in [0.5, 0.6) is 0 Å². The van der Waals surface area contributed by atoms with Gasteiger partial charge < -0.3 is 15.3 Å². The van der Waals surface area contributed by atoms with Crippen molar-refractivity contribution in [3.8, 4) is 0 Å². The Morgan fingerprint density at radius 3 is 2.89 bits per heavy atom. The van der Waals surface area contributed by atoms with E-state index in [-0.39, 0.29) is 5.56 Å². The van der Waals surface area contributed by atoms with Crippen LogP contribution in [-0.2, 0) is 0 Å². The lowest BCUT2D eigenvalue weighted by Crippen LogP contribution is -2.28. The maximum absolute atomic E-state index is 10.9. The molecule has 0 spiro atoms. The molecule has 1 heterocycles. The Labute approximate surface area is 107 Å². The quantitative estimate of drug-likeness (QED) is 0.712. The zero-order valence-corrected chi connectivity index (χ0v) is 11.1. The van der Waals surface area contributed by atoms with Gasteiger partial charge in [-0.05, 0) is 39.9 Å². The number of carboxylic acids is 1. The van der Waals surface area contributed by atoms with Gasteiger partial charge in [0.2, 0.25) is 0 Å². The first-order valence-corrected chi connectivity index (χ1v) is 6.01. The number of aromatic carboxylic acids is 1. The third kappa shape index (κ3) is 4.29. The molecule has 0 atom stereocenters. The highest BCUT2D eigenvalue weighted by atomic mass is 16.4. The van der Waals surface area contributed by atoms with Gasteiger partial charge in [0.1, 0.15) is 5.56 Å². The van der Waals surface area contributed by atoms with Crippen molar-refractivity contribution in [2.75, 3.05) is 25.5 Å². The van der Waals surface area contributed by atoms with Crippen LogP contribution < -0.4 is 5.32 Å². The maximum Gasteiger partial charge on any atom is 0.339 e. The molecule has 1 aromatic rings. The fraction of sp³-hybridized carbons (Fsp3) is 0.583. The molecule has 100 valence electrons. The molecule has 18 heavy (non-hydrogen) atoms. The van der Waals surface area contributed by atoms with Gasteiger partial charge in [-0.2, -0.15) is 5.10 Å². The Balaban J connectivity index is 2.42. The molecule has 1 aromatic heterocycles. The highest BCUT2D eigenvalue weighted by Crippen LogP contribution is 2.09. The van der Waals surface area contributed by atoms with Gasteiger partial charge in [-0.3, -0.25) is 0 Å². The Morgan fingerprint density at radius 1 is 1.56 bits per heavy atom. The highest BCUT2D eigenvalue weighted by Gasteiger charge is 2.10. The summed E-state index contributed by atoms with van der Waals surface area (Å²) in [6, 6.07) is 1.95. The molecule has 0 aromatic carbocycles. The van der Waals surface area contributed by atoms with Crippen molar-refractivity contribution in [2.24, 2.45) is 0 Å². The topological polar surface area (TPSA) is 78.3 Å². The van der Waals surface area contributed by atoms with Crippen LogP contribution in [-0.4, -0.2) is 52.4 Å². The zero-order chi connectivity index (χ0) is 13.5. The molecule has 0 saturated carbocycles. The first-order chi connectivity index (χ1) is 8.52. The van der Waals surface area contributed by atoms with E-state index in [1.807, 2.05) is 0 Å². The molecule has 0 aliphatic heterocycles. The molecule has 0 unspecified atom stereocenters. The minimum absolute atomic E-state index is 0.155. The number of hydrogen-bond acceptors (Lipinski definition) is 5. The SMILES string of the molecule is CC(C)N(C)CCCNc1nnccc1C(=O)O. The van der Waals surface area contributed by atoms with Gasteiger partial charge in [-0.15, -0.1) is 5.10 Å². The van der Waals surface area contributed by atoms with Crippen LogP contribution in [0.15, 0.2) is 12.3 Å².